The molecule has 2 heterocycles. The topological polar surface area (TPSA) is 31.4 Å². The summed E-state index contributed by atoms with van der Waals surface area (Å²) in [7, 11) is -0.376. The summed E-state index contributed by atoms with van der Waals surface area (Å²) in [5.41, 5.74) is 2.17. The Kier molecular flexibility index (Phi) is 3.80. The van der Waals surface area contributed by atoms with Crippen molar-refractivity contribution >= 4 is 24.2 Å². The molecule has 1 aromatic carbocycles. The summed E-state index contributed by atoms with van der Waals surface area (Å²) in [6.45, 7) is 8.20. The lowest BCUT2D eigenvalue weighted by molar-refractivity contribution is 0.00578. The zero-order valence-corrected chi connectivity index (χ0v) is 14.0. The van der Waals surface area contributed by atoms with E-state index in [9.17, 15) is 0 Å². The van der Waals surface area contributed by atoms with Crippen LogP contribution in [0.5, 0.6) is 0 Å². The molecule has 22 heavy (non-hydrogen) atoms. The second kappa shape index (κ2) is 5.37. The second-order valence-corrected chi connectivity index (χ2v) is 7.01. The highest BCUT2D eigenvalue weighted by molar-refractivity contribution is 6.62. The number of hydrogen-bond acceptors (Lipinski definition) is 3. The molecule has 1 saturated heterocycles. The van der Waals surface area contributed by atoms with E-state index in [1.165, 1.54) is 0 Å². The van der Waals surface area contributed by atoms with Crippen molar-refractivity contribution in [3.05, 3.63) is 47.6 Å². The molecule has 0 aliphatic carbocycles. The lowest BCUT2D eigenvalue weighted by Crippen LogP contribution is -2.41. The summed E-state index contributed by atoms with van der Waals surface area (Å²) in [6, 6.07) is 11.6. The van der Waals surface area contributed by atoms with Crippen molar-refractivity contribution in [1.29, 1.82) is 0 Å². The first-order valence-corrected chi connectivity index (χ1v) is 7.74. The zero-order valence-electron chi connectivity index (χ0n) is 13.3. The van der Waals surface area contributed by atoms with Gasteiger partial charge in [0.2, 0.25) is 0 Å². The Morgan fingerprint density at radius 3 is 2.14 bits per heavy atom. The molecule has 114 valence electrons. The molecule has 3 nitrogen and oxygen atoms in total. The van der Waals surface area contributed by atoms with Crippen LogP contribution in [0.4, 0.5) is 0 Å². The quantitative estimate of drug-likeness (QED) is 0.792. The molecule has 1 aliphatic heterocycles. The Morgan fingerprint density at radius 2 is 1.55 bits per heavy atom. The van der Waals surface area contributed by atoms with E-state index in [1.807, 2.05) is 64.1 Å². The number of benzene rings is 1. The van der Waals surface area contributed by atoms with E-state index < -0.39 is 0 Å². The first-order valence-electron chi connectivity index (χ1n) is 7.36. The van der Waals surface area contributed by atoms with Gasteiger partial charge in [-0.25, -0.2) is 0 Å². The van der Waals surface area contributed by atoms with Crippen molar-refractivity contribution in [3.8, 4) is 11.3 Å². The lowest BCUT2D eigenvalue weighted by atomic mass is 9.79. The van der Waals surface area contributed by atoms with Gasteiger partial charge in [-0.2, -0.15) is 0 Å². The molecule has 0 amide bonds. The number of aromatic nitrogens is 1. The Hall–Kier alpha value is -1.36. The summed E-state index contributed by atoms with van der Waals surface area (Å²) in [4.78, 5) is 4.43. The second-order valence-electron chi connectivity index (χ2n) is 6.57. The number of halogens is 1. The lowest BCUT2D eigenvalue weighted by Gasteiger charge is -2.32. The maximum atomic E-state index is 6.09. The molecular formula is C17H19BClNO2. The summed E-state index contributed by atoms with van der Waals surface area (Å²) in [5, 5.41) is 0.714. The standard InChI is InChI=1S/C17H19BClNO2/c1-16(2)17(3,4)22-18(21-16)13-9-10-20-15(11-13)12-5-7-14(19)8-6-12/h5-11H,1-4H3. The van der Waals surface area contributed by atoms with E-state index in [0.717, 1.165) is 16.7 Å². The Labute approximate surface area is 136 Å². The van der Waals surface area contributed by atoms with Gasteiger partial charge < -0.3 is 9.31 Å². The molecule has 1 aromatic heterocycles. The van der Waals surface area contributed by atoms with Crippen LogP contribution in [-0.4, -0.2) is 23.3 Å². The molecule has 0 atom stereocenters. The highest BCUT2D eigenvalue weighted by Gasteiger charge is 2.51. The third kappa shape index (κ3) is 2.79. The molecule has 0 saturated carbocycles. The van der Waals surface area contributed by atoms with E-state index in [1.54, 1.807) is 6.20 Å². The van der Waals surface area contributed by atoms with E-state index in [0.29, 0.717) is 5.02 Å². The van der Waals surface area contributed by atoms with Gasteiger partial charge >= 0.3 is 7.12 Å². The Morgan fingerprint density at radius 1 is 0.955 bits per heavy atom. The number of pyridine rings is 1. The summed E-state index contributed by atoms with van der Waals surface area (Å²) in [6.07, 6.45) is 1.78. The highest BCUT2D eigenvalue weighted by atomic mass is 35.5. The van der Waals surface area contributed by atoms with Crippen molar-refractivity contribution < 1.29 is 9.31 Å². The zero-order chi connectivity index (χ0) is 16.0. The largest absolute Gasteiger partial charge is 0.494 e. The molecule has 3 rings (SSSR count). The molecule has 2 aromatic rings. The van der Waals surface area contributed by atoms with Gasteiger partial charge in [-0.1, -0.05) is 23.7 Å². The normalized spacial score (nSPS) is 19.4. The smallest absolute Gasteiger partial charge is 0.399 e. The molecule has 0 bridgehead atoms. The van der Waals surface area contributed by atoms with Gasteiger partial charge in [0.05, 0.1) is 16.9 Å². The third-order valence-electron chi connectivity index (χ3n) is 4.45. The fourth-order valence-electron chi connectivity index (χ4n) is 2.35. The van der Waals surface area contributed by atoms with Gasteiger partial charge in [-0.05, 0) is 57.4 Å². The predicted octanol–water partition coefficient (Wildman–Crippen LogP) is 3.70. The minimum Gasteiger partial charge on any atom is -0.399 e. The maximum Gasteiger partial charge on any atom is 0.494 e. The van der Waals surface area contributed by atoms with Gasteiger partial charge in [0.1, 0.15) is 0 Å². The van der Waals surface area contributed by atoms with E-state index >= 15 is 0 Å². The summed E-state index contributed by atoms with van der Waals surface area (Å²) in [5.74, 6) is 0. The molecule has 5 heteroatoms. The van der Waals surface area contributed by atoms with Crippen LogP contribution in [0.15, 0.2) is 42.6 Å². The fraction of sp³-hybridized carbons (Fsp3) is 0.353. The number of rotatable bonds is 2. The van der Waals surface area contributed by atoms with Crippen LogP contribution in [0.2, 0.25) is 5.02 Å². The minimum absolute atomic E-state index is 0.346. The van der Waals surface area contributed by atoms with Gasteiger partial charge in [-0.15, -0.1) is 0 Å². The Balaban J connectivity index is 1.91. The SMILES string of the molecule is CC1(C)OB(c2ccnc(-c3ccc(Cl)cc3)c2)OC1(C)C. The van der Waals surface area contributed by atoms with Crippen LogP contribution < -0.4 is 5.46 Å². The highest BCUT2D eigenvalue weighted by Crippen LogP contribution is 2.36. The summed E-state index contributed by atoms with van der Waals surface area (Å²) < 4.78 is 12.2. The van der Waals surface area contributed by atoms with Crippen LogP contribution in [0.3, 0.4) is 0 Å². The van der Waals surface area contributed by atoms with E-state index in [4.69, 9.17) is 20.9 Å². The third-order valence-corrected chi connectivity index (χ3v) is 4.70. The molecule has 1 aliphatic rings. The minimum atomic E-state index is -0.376. The maximum absolute atomic E-state index is 6.09. The molecule has 0 radical (unpaired) electrons. The molecular weight excluding hydrogens is 296 g/mol. The molecule has 0 N–H and O–H groups in total. The van der Waals surface area contributed by atoms with Crippen molar-refractivity contribution in [2.75, 3.05) is 0 Å². The predicted molar refractivity (Wildman–Crippen MR) is 90.4 cm³/mol. The van der Waals surface area contributed by atoms with Crippen molar-refractivity contribution in [2.24, 2.45) is 0 Å². The van der Waals surface area contributed by atoms with E-state index in [2.05, 4.69) is 4.98 Å². The van der Waals surface area contributed by atoms with Crippen LogP contribution in [0, 0.1) is 0 Å². The van der Waals surface area contributed by atoms with Gasteiger partial charge in [-0.3, -0.25) is 4.98 Å². The molecule has 1 fully saturated rings. The van der Waals surface area contributed by atoms with Gasteiger partial charge in [0.15, 0.2) is 0 Å². The summed E-state index contributed by atoms with van der Waals surface area (Å²) >= 11 is 5.94. The molecule has 0 unspecified atom stereocenters. The van der Waals surface area contributed by atoms with Crippen LogP contribution >= 0.6 is 11.6 Å². The van der Waals surface area contributed by atoms with Crippen LogP contribution in [-0.2, 0) is 9.31 Å². The first-order chi connectivity index (χ1) is 10.3. The van der Waals surface area contributed by atoms with E-state index in [-0.39, 0.29) is 18.3 Å². The Bertz CT molecular complexity index is 669. The van der Waals surface area contributed by atoms with Crippen molar-refractivity contribution in [1.82, 2.24) is 4.98 Å². The van der Waals surface area contributed by atoms with Crippen LogP contribution in [0.25, 0.3) is 11.3 Å². The first kappa shape index (κ1) is 15.5. The van der Waals surface area contributed by atoms with Gasteiger partial charge in [0, 0.05) is 16.8 Å². The van der Waals surface area contributed by atoms with Gasteiger partial charge in [0.25, 0.3) is 0 Å². The van der Waals surface area contributed by atoms with Crippen molar-refractivity contribution in [2.45, 2.75) is 38.9 Å². The average molecular weight is 316 g/mol. The van der Waals surface area contributed by atoms with Crippen LogP contribution in [0.1, 0.15) is 27.7 Å². The van der Waals surface area contributed by atoms with Crippen molar-refractivity contribution in [3.63, 3.8) is 0 Å². The number of nitrogens with zero attached hydrogens (tertiary/aromatic N) is 1. The fourth-order valence-corrected chi connectivity index (χ4v) is 2.48. The monoisotopic (exact) mass is 315 g/mol. The number of hydrogen-bond donors (Lipinski definition) is 0. The average Bonchev–Trinajstić information content (AvgIpc) is 2.68. The molecule has 0 spiro atoms.